The molecule has 1 aliphatic carbocycles. The zero-order chi connectivity index (χ0) is 24.9. The third kappa shape index (κ3) is 4.39. The van der Waals surface area contributed by atoms with Crippen LogP contribution in [0.3, 0.4) is 0 Å². The molecule has 0 bridgehead atoms. The van der Waals surface area contributed by atoms with Crippen LogP contribution in [0.25, 0.3) is 10.8 Å². The number of aliphatic hydroxyl groups excluding tert-OH is 1. The average Bonchev–Trinajstić information content (AvgIpc) is 3.63. The highest BCUT2D eigenvalue weighted by Gasteiger charge is 2.46. The third-order valence-electron chi connectivity index (χ3n) is 8.33. The number of nitrogens with one attached hydrogen (secondary N) is 1. The van der Waals surface area contributed by atoms with Gasteiger partial charge in [-0.1, -0.05) is 17.7 Å². The maximum Gasteiger partial charge on any atom is 0.229 e. The lowest BCUT2D eigenvalue weighted by Crippen LogP contribution is -2.56. The Hall–Kier alpha value is -2.58. The molecule has 3 fully saturated rings. The fourth-order valence-corrected chi connectivity index (χ4v) is 6.17. The number of aromatic nitrogens is 2. The van der Waals surface area contributed by atoms with Gasteiger partial charge >= 0.3 is 0 Å². The molecular formula is C28H31ClN4O3. The third-order valence-corrected chi connectivity index (χ3v) is 8.66. The average molecular weight is 507 g/mol. The van der Waals surface area contributed by atoms with E-state index in [0.717, 1.165) is 59.4 Å². The van der Waals surface area contributed by atoms with Crippen LogP contribution in [0.15, 0.2) is 48.8 Å². The van der Waals surface area contributed by atoms with Crippen molar-refractivity contribution in [1.29, 1.82) is 0 Å². The van der Waals surface area contributed by atoms with Crippen molar-refractivity contribution in [1.82, 2.24) is 14.9 Å². The number of fused-ring (bicyclic) bond motifs is 1. The number of amides is 1. The Balaban J connectivity index is 1.15. The summed E-state index contributed by atoms with van der Waals surface area (Å²) in [6.45, 7) is 4.86. The molecule has 4 atom stereocenters. The molecule has 0 spiro atoms. The number of hydrogen-bond donors (Lipinski definition) is 2. The van der Waals surface area contributed by atoms with Crippen LogP contribution in [-0.4, -0.2) is 63.8 Å². The van der Waals surface area contributed by atoms with Crippen molar-refractivity contribution in [3.8, 4) is 0 Å². The van der Waals surface area contributed by atoms with Crippen molar-refractivity contribution in [2.45, 2.75) is 49.7 Å². The molecule has 2 aliphatic heterocycles. The quantitative estimate of drug-likeness (QED) is 0.535. The number of anilines is 1. The number of likely N-dealkylation sites (tertiary alicyclic amines) is 1. The normalized spacial score (nSPS) is 28.9. The Morgan fingerprint density at radius 2 is 2.03 bits per heavy atom. The molecule has 0 radical (unpaired) electrons. The molecule has 2 saturated heterocycles. The Morgan fingerprint density at radius 3 is 2.75 bits per heavy atom. The maximum atomic E-state index is 12.8. The van der Waals surface area contributed by atoms with Gasteiger partial charge in [-0.2, -0.15) is 0 Å². The molecule has 4 heterocycles. The highest BCUT2D eigenvalue weighted by atomic mass is 35.5. The first-order valence-corrected chi connectivity index (χ1v) is 13.1. The number of carbonyl (C=O) groups is 1. The first kappa shape index (κ1) is 23.8. The summed E-state index contributed by atoms with van der Waals surface area (Å²) < 4.78 is 5.54. The van der Waals surface area contributed by atoms with E-state index in [2.05, 4.69) is 33.2 Å². The van der Waals surface area contributed by atoms with Crippen molar-refractivity contribution in [2.75, 3.05) is 31.6 Å². The minimum atomic E-state index is -0.450. The lowest BCUT2D eigenvalue weighted by molar-refractivity contribution is -0.117. The van der Waals surface area contributed by atoms with Gasteiger partial charge in [0.25, 0.3) is 0 Å². The summed E-state index contributed by atoms with van der Waals surface area (Å²) in [5.41, 5.74) is 1.80. The first-order chi connectivity index (χ1) is 17.4. The fourth-order valence-electron chi connectivity index (χ4n) is 5.85. The van der Waals surface area contributed by atoms with Crippen LogP contribution in [0.1, 0.15) is 49.3 Å². The zero-order valence-corrected chi connectivity index (χ0v) is 21.1. The second kappa shape index (κ2) is 9.38. The molecule has 1 saturated carbocycles. The van der Waals surface area contributed by atoms with Crippen LogP contribution >= 0.6 is 11.6 Å². The monoisotopic (exact) mass is 506 g/mol. The van der Waals surface area contributed by atoms with Crippen molar-refractivity contribution in [3.05, 3.63) is 65.1 Å². The van der Waals surface area contributed by atoms with Gasteiger partial charge < -0.3 is 15.2 Å². The van der Waals surface area contributed by atoms with Gasteiger partial charge in [-0.15, -0.1) is 0 Å². The second-order valence-corrected chi connectivity index (χ2v) is 11.0. The Kier molecular flexibility index (Phi) is 6.20. The molecule has 1 aromatic carbocycles. The van der Waals surface area contributed by atoms with Crippen molar-refractivity contribution >= 4 is 34.1 Å². The summed E-state index contributed by atoms with van der Waals surface area (Å²) in [4.78, 5) is 24.0. The minimum Gasteiger partial charge on any atom is -0.389 e. The largest absolute Gasteiger partial charge is 0.389 e. The molecule has 2 aromatic heterocycles. The number of carbonyl (C=O) groups excluding carboxylic acids is 1. The Morgan fingerprint density at radius 1 is 1.19 bits per heavy atom. The predicted molar refractivity (Wildman–Crippen MR) is 139 cm³/mol. The molecule has 188 valence electrons. The standard InChI is InChI=1S/C28H31ClN4O3/c1-28(16-36-15-25(28)34)33-8-5-17(6-9-33)20-10-18-12-26(31-14-19(18)11-23(20)29)32-27(35)22-13-21(22)24-4-2-3-7-30-24/h2-4,7,10-12,14,17,21-22,25,34H,5-6,8-9,13,15-16H2,1H3,(H,31,32,35)/t21-,22-,25-,28+/m0/s1. The highest BCUT2D eigenvalue weighted by Crippen LogP contribution is 2.47. The Labute approximate surface area is 215 Å². The summed E-state index contributed by atoms with van der Waals surface area (Å²) in [7, 11) is 0. The number of pyridine rings is 2. The van der Waals surface area contributed by atoms with E-state index in [1.165, 1.54) is 0 Å². The summed E-state index contributed by atoms with van der Waals surface area (Å²) in [5.74, 6) is 1.02. The smallest absolute Gasteiger partial charge is 0.229 e. The zero-order valence-electron chi connectivity index (χ0n) is 20.4. The van der Waals surface area contributed by atoms with Crippen LogP contribution in [0.4, 0.5) is 5.82 Å². The molecule has 7 nitrogen and oxygen atoms in total. The lowest BCUT2D eigenvalue weighted by atomic mass is 9.85. The summed E-state index contributed by atoms with van der Waals surface area (Å²) in [6.07, 6.45) is 5.85. The van der Waals surface area contributed by atoms with Gasteiger partial charge in [-0.25, -0.2) is 4.98 Å². The van der Waals surface area contributed by atoms with Crippen molar-refractivity contribution in [2.24, 2.45) is 5.92 Å². The van der Waals surface area contributed by atoms with E-state index in [9.17, 15) is 9.90 Å². The Bertz CT molecular complexity index is 1280. The molecule has 3 aromatic rings. The van der Waals surface area contributed by atoms with E-state index in [-0.39, 0.29) is 23.3 Å². The van der Waals surface area contributed by atoms with E-state index < -0.39 is 6.10 Å². The lowest BCUT2D eigenvalue weighted by Gasteiger charge is -2.43. The van der Waals surface area contributed by atoms with Crippen LogP contribution in [0, 0.1) is 5.92 Å². The van der Waals surface area contributed by atoms with Crippen molar-refractivity contribution < 1.29 is 14.6 Å². The molecule has 36 heavy (non-hydrogen) atoms. The maximum absolute atomic E-state index is 12.8. The van der Waals surface area contributed by atoms with E-state index >= 15 is 0 Å². The van der Waals surface area contributed by atoms with Gasteiger partial charge in [-0.3, -0.25) is 14.7 Å². The van der Waals surface area contributed by atoms with Gasteiger partial charge in [0.05, 0.1) is 24.9 Å². The van der Waals surface area contributed by atoms with Gasteiger partial charge in [0.1, 0.15) is 5.82 Å². The number of hydrogen-bond acceptors (Lipinski definition) is 6. The predicted octanol–water partition coefficient (Wildman–Crippen LogP) is 4.35. The van der Waals surface area contributed by atoms with E-state index in [1.54, 1.807) is 12.4 Å². The van der Waals surface area contributed by atoms with Gasteiger partial charge in [0.2, 0.25) is 5.91 Å². The summed E-state index contributed by atoms with van der Waals surface area (Å²) in [6, 6.07) is 11.9. The van der Waals surface area contributed by atoms with Crippen LogP contribution in [0.2, 0.25) is 5.02 Å². The minimum absolute atomic E-state index is 0.00867. The van der Waals surface area contributed by atoms with E-state index in [4.69, 9.17) is 16.3 Å². The first-order valence-electron chi connectivity index (χ1n) is 12.7. The van der Waals surface area contributed by atoms with Gasteiger partial charge in [-0.05, 0) is 86.5 Å². The topological polar surface area (TPSA) is 87.6 Å². The summed E-state index contributed by atoms with van der Waals surface area (Å²) in [5, 5.41) is 16.1. The molecular weight excluding hydrogens is 476 g/mol. The number of benzene rings is 1. The summed E-state index contributed by atoms with van der Waals surface area (Å²) >= 11 is 6.72. The molecule has 3 aliphatic rings. The molecule has 0 unspecified atom stereocenters. The highest BCUT2D eigenvalue weighted by molar-refractivity contribution is 6.32. The molecule has 6 rings (SSSR count). The number of halogens is 1. The van der Waals surface area contributed by atoms with E-state index in [0.29, 0.717) is 24.9 Å². The van der Waals surface area contributed by atoms with Crippen LogP contribution in [0.5, 0.6) is 0 Å². The second-order valence-electron chi connectivity index (χ2n) is 10.6. The number of nitrogens with zero attached hydrogens (tertiary/aromatic N) is 3. The van der Waals surface area contributed by atoms with Crippen LogP contribution in [-0.2, 0) is 9.53 Å². The van der Waals surface area contributed by atoms with Crippen LogP contribution < -0.4 is 5.32 Å². The number of aliphatic hydroxyl groups is 1. The number of piperidine rings is 1. The molecule has 2 N–H and O–H groups in total. The van der Waals surface area contributed by atoms with E-state index in [1.807, 2.05) is 30.3 Å². The van der Waals surface area contributed by atoms with Gasteiger partial charge in [0.15, 0.2) is 0 Å². The van der Waals surface area contributed by atoms with Gasteiger partial charge in [0, 0.05) is 40.3 Å². The molecule has 1 amide bonds. The number of ether oxygens (including phenoxy) is 1. The fraction of sp³-hybridized carbons (Fsp3) is 0.464. The number of rotatable bonds is 5. The molecule has 8 heteroatoms. The SMILES string of the molecule is C[C@@]1(N2CCC(c3cc4cc(NC(=O)[C@H]5C[C@@H]5c5ccccn5)ncc4cc3Cl)CC2)COC[C@@H]1O. The van der Waals surface area contributed by atoms with Crippen molar-refractivity contribution in [3.63, 3.8) is 0 Å².